The Bertz CT molecular complexity index is 1210. The van der Waals surface area contributed by atoms with E-state index in [9.17, 15) is 9.13 Å². The van der Waals surface area contributed by atoms with Gasteiger partial charge in [-0.15, -0.1) is 0 Å². The third kappa shape index (κ3) is 26.8. The van der Waals surface area contributed by atoms with Crippen LogP contribution in [0.15, 0.2) is 28.3 Å². The van der Waals surface area contributed by atoms with Gasteiger partial charge in [0.2, 0.25) is 0 Å². The van der Waals surface area contributed by atoms with Gasteiger partial charge in [0.1, 0.15) is 0 Å². The van der Waals surface area contributed by atoms with Crippen LogP contribution < -0.4 is 32.4 Å². The van der Waals surface area contributed by atoms with Crippen molar-refractivity contribution in [3.8, 4) is 0 Å². The van der Waals surface area contributed by atoms with E-state index in [1.807, 2.05) is 36.6 Å². The predicted molar refractivity (Wildman–Crippen MR) is 265 cm³/mol. The van der Waals surface area contributed by atoms with Gasteiger partial charge < -0.3 is 16.0 Å². The number of halogens is 1. The summed E-state index contributed by atoms with van der Waals surface area (Å²) in [6, 6.07) is 3.82. The molecule has 0 N–H and O–H groups in total. The Hall–Kier alpha value is 2.18. The van der Waals surface area contributed by atoms with Crippen LogP contribution in [0.3, 0.4) is 0 Å². The van der Waals surface area contributed by atoms with Crippen molar-refractivity contribution in [1.82, 2.24) is 0 Å². The molecular weight excluding hydrogens is 1030 g/mol. The quantitative estimate of drug-likeness (QED) is 0.0441. The Morgan fingerprint density at radius 3 is 1.24 bits per heavy atom. The molecule has 2 heterocycles. The van der Waals surface area contributed by atoms with E-state index in [4.69, 9.17) is 27.0 Å². The molecule has 0 radical (unpaired) electrons. The number of thiophene rings is 2. The maximum Gasteiger partial charge on any atom is 1.00 e. The molecular formula is C44H88ClLiO6P2S2Sn2. The second-order valence-corrected chi connectivity index (χ2v) is 50.7. The number of unbranched alkanes of at least 4 members (excludes halogenated alkanes) is 7. The van der Waals surface area contributed by atoms with Gasteiger partial charge in [-0.2, -0.15) is 17.8 Å². The summed E-state index contributed by atoms with van der Waals surface area (Å²) in [7, 11) is 0.681. The molecule has 2 rings (SSSR count). The zero-order chi connectivity index (χ0) is 43.5. The summed E-state index contributed by atoms with van der Waals surface area (Å²) in [5.74, 6) is 0. The number of hydrogen-bond acceptors (Lipinski definition) is 8. The van der Waals surface area contributed by atoms with Crippen molar-refractivity contribution in [1.29, 1.82) is 0 Å². The topological polar surface area (TPSA) is 71.1 Å². The van der Waals surface area contributed by atoms with Crippen molar-refractivity contribution in [2.75, 3.05) is 26.4 Å². The molecule has 0 aliphatic heterocycles. The van der Waals surface area contributed by atoms with E-state index >= 15 is 0 Å². The molecule has 0 aliphatic carbocycles. The van der Waals surface area contributed by atoms with Crippen LogP contribution in [-0.4, -0.2) is 62.1 Å². The standard InChI is InChI=1S/C8H13O3PS.C8H12O3PS.7C4H9.ClH.Li.2Sn/c2*1-3-10-12(9,11-4-2)8-5-6-13-7-8;7*1-3-4-2;;;;/h5-7H,3-4H2,1-2H3;5-6H,3-4H2,1-2H3;7*1,3-4H2,2H3;1H;;;/q;;;;;;;;-1;;+1;;+1/p-1. The van der Waals surface area contributed by atoms with Crippen LogP contribution in [0.25, 0.3) is 0 Å². The molecule has 0 atom stereocenters. The van der Waals surface area contributed by atoms with E-state index in [2.05, 4.69) is 60.8 Å². The summed E-state index contributed by atoms with van der Waals surface area (Å²) in [6.45, 7) is 28.5. The van der Waals surface area contributed by atoms with Crippen molar-refractivity contribution in [2.24, 2.45) is 0 Å². The minimum Gasteiger partial charge on any atom is -0.343 e. The van der Waals surface area contributed by atoms with Gasteiger partial charge in [0.15, 0.2) is 0 Å². The second kappa shape index (κ2) is 40.7. The first-order valence-electron chi connectivity index (χ1n) is 22.7. The number of hydrogen-bond donors (Lipinski definition) is 0. The van der Waals surface area contributed by atoms with Crippen molar-refractivity contribution in [2.45, 2.75) is 193 Å². The minimum atomic E-state index is -3.19. The zero-order valence-electron chi connectivity index (χ0n) is 39.6. The van der Waals surface area contributed by atoms with Crippen LogP contribution in [0.4, 0.5) is 0 Å². The Morgan fingerprint density at radius 2 is 0.931 bits per heavy atom. The molecule has 0 aromatic carbocycles. The van der Waals surface area contributed by atoms with Crippen LogP contribution in [0, 0.1) is 6.92 Å². The largest absolute Gasteiger partial charge is 1.00 e. The molecule has 0 aliphatic rings. The molecule has 0 saturated carbocycles. The summed E-state index contributed by atoms with van der Waals surface area (Å²) < 4.78 is 57.2. The molecule has 58 heavy (non-hydrogen) atoms. The molecule has 0 bridgehead atoms. The molecule has 14 heteroatoms. The van der Waals surface area contributed by atoms with Crippen LogP contribution in [0.1, 0.15) is 166 Å². The molecule has 0 spiro atoms. The molecule has 6 nitrogen and oxygen atoms in total. The zero-order valence-corrected chi connectivity index (χ0v) is 49.5. The van der Waals surface area contributed by atoms with Crippen LogP contribution in [0.5, 0.6) is 0 Å². The molecule has 0 amide bonds. The van der Waals surface area contributed by atoms with Gasteiger partial charge >= 0.3 is 295 Å². The van der Waals surface area contributed by atoms with Gasteiger partial charge in [-0.1, -0.05) is 13.3 Å². The molecule has 338 valence electrons. The van der Waals surface area contributed by atoms with Crippen molar-refractivity contribution < 1.29 is 46.1 Å². The minimum absolute atomic E-state index is 0. The summed E-state index contributed by atoms with van der Waals surface area (Å²) in [5.41, 5.74) is 0. The third-order valence-electron chi connectivity index (χ3n) is 9.76. The van der Waals surface area contributed by atoms with Crippen molar-refractivity contribution in [3.63, 3.8) is 0 Å². The second-order valence-electron chi connectivity index (χ2n) is 14.7. The van der Waals surface area contributed by atoms with E-state index in [-0.39, 0.29) is 18.9 Å². The summed E-state index contributed by atoms with van der Waals surface area (Å²) in [6.07, 6.45) is 18.0. The third-order valence-corrected chi connectivity index (χ3v) is 49.5. The normalized spacial score (nSPS) is 11.7. The van der Waals surface area contributed by atoms with Crippen LogP contribution >= 0.6 is 46.8 Å². The van der Waals surface area contributed by atoms with Crippen LogP contribution in [-0.2, 0) is 27.2 Å². The van der Waals surface area contributed by atoms with E-state index in [1.54, 1.807) is 25.3 Å². The SMILES string of the molecule is CCC[CH2][Sn]([CH2]CCC)([CH2]CCC)[c]1sccc1P(=O)(OCC)OCC.CCC[CH2][Sn]([Cl])([CH2]CCC)[CH2]CCC.CCOP(=O)(OCC)c1ccsc1.[CH2-]CCC.[Li+]. The van der Waals surface area contributed by atoms with Gasteiger partial charge in [-0.3, -0.25) is 4.57 Å². The van der Waals surface area contributed by atoms with Crippen molar-refractivity contribution in [3.05, 3.63) is 35.2 Å². The monoisotopic (exact) mass is 1120 g/mol. The van der Waals surface area contributed by atoms with Gasteiger partial charge in [0.05, 0.1) is 18.5 Å². The molecule has 2 aromatic heterocycles. The Labute approximate surface area is 392 Å². The summed E-state index contributed by atoms with van der Waals surface area (Å²) in [4.78, 5) is 0. The van der Waals surface area contributed by atoms with E-state index < -0.39 is 50.8 Å². The van der Waals surface area contributed by atoms with Gasteiger partial charge in [-0.25, -0.2) is 0 Å². The van der Waals surface area contributed by atoms with E-state index in [0.29, 0.717) is 31.7 Å². The smallest absolute Gasteiger partial charge is 0.343 e. The Morgan fingerprint density at radius 1 is 0.569 bits per heavy atom. The van der Waals surface area contributed by atoms with E-state index in [1.165, 1.54) is 124 Å². The average molecular weight is 1120 g/mol. The maximum atomic E-state index is 13.6. The average Bonchev–Trinajstić information content (AvgIpc) is 3.95. The first kappa shape index (κ1) is 64.5. The Kier molecular flexibility index (Phi) is 45.2. The van der Waals surface area contributed by atoms with Gasteiger partial charge in [0, 0.05) is 5.38 Å². The summed E-state index contributed by atoms with van der Waals surface area (Å²) in [5, 5.41) is 7.36. The number of rotatable bonds is 30. The predicted octanol–water partition coefficient (Wildman–Crippen LogP) is 13.5. The first-order valence-corrected chi connectivity index (χ1v) is 44.8. The molecule has 2 aromatic rings. The Balaban J connectivity index is -0.000000799. The molecule has 0 fully saturated rings. The maximum absolute atomic E-state index is 13.6. The molecule has 0 saturated heterocycles. The fourth-order valence-electron chi connectivity index (χ4n) is 6.49. The van der Waals surface area contributed by atoms with E-state index in [0.717, 1.165) is 11.7 Å². The summed E-state index contributed by atoms with van der Waals surface area (Å²) >= 11 is -1.40. The fraction of sp³-hybridized carbons (Fsp3) is 0.795. The fourth-order valence-corrected chi connectivity index (χ4v) is 47.5. The van der Waals surface area contributed by atoms with Gasteiger partial charge in [0.25, 0.3) is 0 Å². The van der Waals surface area contributed by atoms with Crippen LogP contribution in [0.2, 0.25) is 26.6 Å². The molecule has 0 unspecified atom stereocenters. The first-order chi connectivity index (χ1) is 27.4. The van der Waals surface area contributed by atoms with Crippen molar-refractivity contribution >= 4 is 95.9 Å². The van der Waals surface area contributed by atoms with Gasteiger partial charge in [-0.05, 0) is 25.3 Å².